The highest BCUT2D eigenvalue weighted by molar-refractivity contribution is 5.71. The Kier molecular flexibility index (Phi) is 4.08. The molecule has 0 bridgehead atoms. The van der Waals surface area contributed by atoms with Gasteiger partial charge in [-0.15, -0.1) is 0 Å². The Hall–Kier alpha value is -2.38. The summed E-state index contributed by atoms with van der Waals surface area (Å²) in [5, 5.41) is 0. The molecule has 0 amide bonds. The minimum atomic E-state index is 0.596. The van der Waals surface area contributed by atoms with Gasteiger partial charge >= 0.3 is 0 Å². The molecule has 0 aliphatic heterocycles. The summed E-state index contributed by atoms with van der Waals surface area (Å²) < 4.78 is 0. The van der Waals surface area contributed by atoms with E-state index in [2.05, 4.69) is 80.6 Å². The molecule has 22 heavy (non-hydrogen) atoms. The van der Waals surface area contributed by atoms with E-state index >= 15 is 0 Å². The Morgan fingerprint density at radius 1 is 0.636 bits per heavy atom. The lowest BCUT2D eigenvalue weighted by Crippen LogP contribution is -1.98. The van der Waals surface area contributed by atoms with Crippen LogP contribution in [0.25, 0.3) is 22.3 Å². The second-order valence-corrected chi connectivity index (χ2v) is 5.79. The molecule has 0 aliphatic rings. The first-order valence-electron chi connectivity index (χ1n) is 7.64. The Labute approximate surface area is 132 Å². The first-order chi connectivity index (χ1) is 10.7. The zero-order chi connectivity index (χ0) is 15.5. The molecule has 0 unspecified atom stereocenters. The van der Waals surface area contributed by atoms with Gasteiger partial charge in [0.15, 0.2) is 0 Å². The Morgan fingerprint density at radius 3 is 1.59 bits per heavy atom. The maximum atomic E-state index is 5.73. The van der Waals surface area contributed by atoms with Gasteiger partial charge in [0, 0.05) is 6.54 Å². The minimum absolute atomic E-state index is 0.596. The van der Waals surface area contributed by atoms with Crippen LogP contribution >= 0.6 is 0 Å². The fraction of sp³-hybridized carbons (Fsp3) is 0.143. The molecule has 110 valence electrons. The van der Waals surface area contributed by atoms with Crippen molar-refractivity contribution in [1.29, 1.82) is 0 Å². The number of nitrogens with two attached hydrogens (primary N) is 1. The molecule has 0 spiro atoms. The van der Waals surface area contributed by atoms with Crippen molar-refractivity contribution in [3.05, 3.63) is 83.4 Å². The van der Waals surface area contributed by atoms with E-state index in [1.54, 1.807) is 0 Å². The van der Waals surface area contributed by atoms with Gasteiger partial charge in [-0.2, -0.15) is 0 Å². The van der Waals surface area contributed by atoms with Gasteiger partial charge in [0.25, 0.3) is 0 Å². The van der Waals surface area contributed by atoms with Gasteiger partial charge in [-0.3, -0.25) is 0 Å². The monoisotopic (exact) mass is 287 g/mol. The van der Waals surface area contributed by atoms with E-state index < -0.39 is 0 Å². The Morgan fingerprint density at radius 2 is 1.09 bits per heavy atom. The predicted octanol–water partition coefficient (Wildman–Crippen LogP) is 5.10. The Bertz CT molecular complexity index is 768. The molecule has 0 aromatic heterocycles. The third-order valence-corrected chi connectivity index (χ3v) is 4.17. The van der Waals surface area contributed by atoms with E-state index in [1.807, 2.05) is 0 Å². The topological polar surface area (TPSA) is 26.0 Å². The van der Waals surface area contributed by atoms with Gasteiger partial charge in [-0.25, -0.2) is 0 Å². The zero-order valence-electron chi connectivity index (χ0n) is 13.1. The van der Waals surface area contributed by atoms with Crippen molar-refractivity contribution in [3.8, 4) is 22.3 Å². The highest BCUT2D eigenvalue weighted by atomic mass is 14.5. The van der Waals surface area contributed by atoms with Crippen LogP contribution in [0.1, 0.15) is 16.7 Å². The van der Waals surface area contributed by atoms with Crippen LogP contribution in [-0.2, 0) is 6.54 Å². The average molecular weight is 287 g/mol. The van der Waals surface area contributed by atoms with Crippen LogP contribution in [0.5, 0.6) is 0 Å². The number of benzene rings is 3. The summed E-state index contributed by atoms with van der Waals surface area (Å²) in [5.74, 6) is 0. The number of rotatable bonds is 3. The van der Waals surface area contributed by atoms with Crippen LogP contribution in [0.15, 0.2) is 66.7 Å². The second-order valence-electron chi connectivity index (χ2n) is 5.79. The lowest BCUT2D eigenvalue weighted by Gasteiger charge is -2.08. The van der Waals surface area contributed by atoms with Crippen LogP contribution in [0, 0.1) is 13.8 Å². The van der Waals surface area contributed by atoms with Crippen LogP contribution in [-0.4, -0.2) is 0 Å². The van der Waals surface area contributed by atoms with Crippen molar-refractivity contribution < 1.29 is 0 Å². The molecule has 3 aromatic rings. The summed E-state index contributed by atoms with van der Waals surface area (Å²) in [7, 11) is 0. The molecule has 0 atom stereocenters. The van der Waals surface area contributed by atoms with Gasteiger partial charge in [-0.05, 0) is 47.2 Å². The van der Waals surface area contributed by atoms with Crippen molar-refractivity contribution in [3.63, 3.8) is 0 Å². The van der Waals surface area contributed by atoms with Gasteiger partial charge < -0.3 is 5.73 Å². The maximum Gasteiger partial charge on any atom is 0.0180 e. The molecule has 1 nitrogen and oxygen atoms in total. The molecule has 0 saturated carbocycles. The average Bonchev–Trinajstić information content (AvgIpc) is 2.56. The molecule has 0 heterocycles. The minimum Gasteiger partial charge on any atom is -0.326 e. The first kappa shape index (κ1) is 14.6. The van der Waals surface area contributed by atoms with Crippen molar-refractivity contribution in [2.45, 2.75) is 20.4 Å². The standard InChI is InChI=1S/C21H21N/c1-15-3-5-17(6-4-15)18-7-9-19(10-8-18)20-11-12-21(14-22)16(2)13-20/h3-13H,14,22H2,1-2H3. The van der Waals surface area contributed by atoms with E-state index in [-0.39, 0.29) is 0 Å². The summed E-state index contributed by atoms with van der Waals surface area (Å²) in [6.45, 7) is 4.82. The molecule has 0 radical (unpaired) electrons. The lowest BCUT2D eigenvalue weighted by atomic mass is 9.97. The molecule has 3 aromatic carbocycles. The molecule has 0 fully saturated rings. The Balaban J connectivity index is 1.91. The van der Waals surface area contributed by atoms with Crippen LogP contribution in [0.4, 0.5) is 0 Å². The van der Waals surface area contributed by atoms with E-state index in [9.17, 15) is 0 Å². The van der Waals surface area contributed by atoms with E-state index in [0.29, 0.717) is 6.54 Å². The third kappa shape index (κ3) is 2.95. The van der Waals surface area contributed by atoms with Crippen molar-refractivity contribution in [1.82, 2.24) is 0 Å². The molecule has 1 heteroatoms. The fourth-order valence-electron chi connectivity index (χ4n) is 2.71. The molecular weight excluding hydrogens is 266 g/mol. The van der Waals surface area contributed by atoms with E-state index in [1.165, 1.54) is 38.9 Å². The van der Waals surface area contributed by atoms with Gasteiger partial charge in [0.2, 0.25) is 0 Å². The molecular formula is C21H21N. The summed E-state index contributed by atoms with van der Waals surface area (Å²) in [6.07, 6.45) is 0. The van der Waals surface area contributed by atoms with Crippen LogP contribution < -0.4 is 5.73 Å². The zero-order valence-corrected chi connectivity index (χ0v) is 13.1. The smallest absolute Gasteiger partial charge is 0.0180 e. The summed E-state index contributed by atoms with van der Waals surface area (Å²) in [5.41, 5.74) is 14.5. The van der Waals surface area contributed by atoms with E-state index in [4.69, 9.17) is 5.73 Å². The number of aryl methyl sites for hydroxylation is 2. The SMILES string of the molecule is Cc1ccc(-c2ccc(-c3ccc(CN)c(C)c3)cc2)cc1. The van der Waals surface area contributed by atoms with Gasteiger partial charge in [-0.1, -0.05) is 72.3 Å². The molecule has 3 rings (SSSR count). The van der Waals surface area contributed by atoms with Crippen molar-refractivity contribution in [2.24, 2.45) is 5.73 Å². The first-order valence-corrected chi connectivity index (χ1v) is 7.64. The molecule has 2 N–H and O–H groups in total. The van der Waals surface area contributed by atoms with Gasteiger partial charge in [0.05, 0.1) is 0 Å². The summed E-state index contributed by atoms with van der Waals surface area (Å²) >= 11 is 0. The van der Waals surface area contributed by atoms with E-state index in [0.717, 1.165) is 0 Å². The number of hydrogen-bond acceptors (Lipinski definition) is 1. The lowest BCUT2D eigenvalue weighted by molar-refractivity contribution is 1.05. The third-order valence-electron chi connectivity index (χ3n) is 4.17. The van der Waals surface area contributed by atoms with Crippen molar-refractivity contribution >= 4 is 0 Å². The summed E-state index contributed by atoms with van der Waals surface area (Å²) in [4.78, 5) is 0. The second kappa shape index (κ2) is 6.17. The van der Waals surface area contributed by atoms with Crippen LogP contribution in [0.3, 0.4) is 0 Å². The normalized spacial score (nSPS) is 10.7. The largest absolute Gasteiger partial charge is 0.326 e. The highest BCUT2D eigenvalue weighted by Gasteiger charge is 2.03. The number of hydrogen-bond donors (Lipinski definition) is 1. The molecule has 0 aliphatic carbocycles. The summed E-state index contributed by atoms with van der Waals surface area (Å²) in [6, 6.07) is 23.9. The predicted molar refractivity (Wildman–Crippen MR) is 94.7 cm³/mol. The molecule has 0 saturated heterocycles. The van der Waals surface area contributed by atoms with Crippen LogP contribution in [0.2, 0.25) is 0 Å². The van der Waals surface area contributed by atoms with Gasteiger partial charge in [0.1, 0.15) is 0 Å². The quantitative estimate of drug-likeness (QED) is 0.713. The van der Waals surface area contributed by atoms with Crippen molar-refractivity contribution in [2.75, 3.05) is 0 Å². The maximum absolute atomic E-state index is 5.73. The highest BCUT2D eigenvalue weighted by Crippen LogP contribution is 2.26. The fourth-order valence-corrected chi connectivity index (χ4v) is 2.71.